The topological polar surface area (TPSA) is 46.6 Å². The van der Waals surface area contributed by atoms with Crippen LogP contribution in [0.1, 0.15) is 17.3 Å². The Labute approximate surface area is 254 Å². The minimum Gasteiger partial charge on any atom is -0.330 e. The van der Waals surface area contributed by atoms with Crippen LogP contribution in [0, 0.1) is 0 Å². The Balaban J connectivity index is 1.40. The fraction of sp³-hybridized carbons (Fsp3) is 0.0256. The van der Waals surface area contributed by atoms with Crippen LogP contribution in [0.25, 0.3) is 49.3 Å². The SMILES string of the molecule is c1ccc(C2=NC(c3ccccc3)NC(n3c4ccccc4c4ccc5c(c6ccccc6n5-c5ccccc5)c43)=N2)cc1. The molecule has 1 aliphatic rings. The van der Waals surface area contributed by atoms with E-state index in [-0.39, 0.29) is 6.17 Å². The number of fused-ring (bicyclic) bond motifs is 7. The highest BCUT2D eigenvalue weighted by atomic mass is 15.3. The monoisotopic (exact) mass is 565 g/mol. The summed E-state index contributed by atoms with van der Waals surface area (Å²) >= 11 is 0. The Hall–Kier alpha value is -5.94. The molecule has 1 N–H and O–H groups in total. The molecule has 0 bridgehead atoms. The lowest BCUT2D eigenvalue weighted by Gasteiger charge is -2.25. The molecule has 0 saturated heterocycles. The number of nitrogens with one attached hydrogen (secondary N) is 1. The van der Waals surface area contributed by atoms with E-state index in [1.807, 2.05) is 24.3 Å². The minimum absolute atomic E-state index is 0.292. The van der Waals surface area contributed by atoms with Crippen LogP contribution < -0.4 is 5.32 Å². The summed E-state index contributed by atoms with van der Waals surface area (Å²) in [4.78, 5) is 10.3. The molecule has 1 atom stereocenters. The van der Waals surface area contributed by atoms with Crippen molar-refractivity contribution < 1.29 is 0 Å². The fourth-order valence-electron chi connectivity index (χ4n) is 6.66. The van der Waals surface area contributed by atoms with Gasteiger partial charge in [0.25, 0.3) is 0 Å². The molecule has 0 aliphatic carbocycles. The summed E-state index contributed by atoms with van der Waals surface area (Å²) in [5.74, 6) is 1.46. The molecular formula is C39H27N5. The third-order valence-corrected chi connectivity index (χ3v) is 8.57. The molecule has 3 heterocycles. The van der Waals surface area contributed by atoms with Crippen molar-refractivity contribution in [3.05, 3.63) is 163 Å². The molecule has 0 radical (unpaired) electrons. The Morgan fingerprint density at radius 2 is 1.11 bits per heavy atom. The average molecular weight is 566 g/mol. The highest BCUT2D eigenvalue weighted by Gasteiger charge is 2.26. The molecule has 0 spiro atoms. The van der Waals surface area contributed by atoms with Gasteiger partial charge in [0.2, 0.25) is 5.96 Å². The van der Waals surface area contributed by atoms with Crippen molar-refractivity contribution in [2.75, 3.05) is 0 Å². The van der Waals surface area contributed by atoms with Gasteiger partial charge in [0.1, 0.15) is 6.17 Å². The zero-order valence-corrected chi connectivity index (χ0v) is 23.8. The molecule has 5 nitrogen and oxygen atoms in total. The van der Waals surface area contributed by atoms with E-state index in [0.29, 0.717) is 5.84 Å². The van der Waals surface area contributed by atoms with E-state index < -0.39 is 0 Å². The summed E-state index contributed by atoms with van der Waals surface area (Å²) in [5, 5.41) is 8.50. The second kappa shape index (κ2) is 9.82. The lowest BCUT2D eigenvalue weighted by molar-refractivity contribution is 0.661. The largest absolute Gasteiger partial charge is 0.330 e. The van der Waals surface area contributed by atoms with Crippen LogP contribution >= 0.6 is 0 Å². The van der Waals surface area contributed by atoms with Gasteiger partial charge in [0, 0.05) is 32.8 Å². The van der Waals surface area contributed by atoms with Gasteiger partial charge >= 0.3 is 0 Å². The van der Waals surface area contributed by atoms with Crippen LogP contribution in [0.5, 0.6) is 0 Å². The zero-order chi connectivity index (χ0) is 29.0. The lowest BCUT2D eigenvalue weighted by atomic mass is 10.1. The van der Waals surface area contributed by atoms with Crippen molar-refractivity contribution in [3.63, 3.8) is 0 Å². The summed E-state index contributed by atoms with van der Waals surface area (Å²) in [5.41, 5.74) is 7.75. The maximum Gasteiger partial charge on any atom is 0.211 e. The molecule has 0 saturated carbocycles. The van der Waals surface area contributed by atoms with Crippen molar-refractivity contribution in [3.8, 4) is 5.69 Å². The summed E-state index contributed by atoms with van der Waals surface area (Å²) in [6, 6.07) is 53.1. The van der Waals surface area contributed by atoms with Crippen molar-refractivity contribution in [2.24, 2.45) is 9.98 Å². The first-order valence-corrected chi connectivity index (χ1v) is 14.9. The molecule has 9 rings (SSSR count). The first-order valence-electron chi connectivity index (χ1n) is 14.9. The molecule has 5 heteroatoms. The molecule has 0 fully saturated rings. The molecule has 6 aromatic carbocycles. The van der Waals surface area contributed by atoms with Crippen LogP contribution in [0.3, 0.4) is 0 Å². The minimum atomic E-state index is -0.292. The Morgan fingerprint density at radius 1 is 0.500 bits per heavy atom. The molecule has 8 aromatic rings. The van der Waals surface area contributed by atoms with Crippen molar-refractivity contribution in [2.45, 2.75) is 6.17 Å². The smallest absolute Gasteiger partial charge is 0.211 e. The summed E-state index contributed by atoms with van der Waals surface area (Å²) in [6.07, 6.45) is -0.292. The van der Waals surface area contributed by atoms with E-state index in [1.54, 1.807) is 0 Å². The van der Waals surface area contributed by atoms with Crippen LogP contribution in [0.2, 0.25) is 0 Å². The Kier molecular flexibility index (Phi) is 5.50. The van der Waals surface area contributed by atoms with Crippen LogP contribution in [-0.2, 0) is 0 Å². The first kappa shape index (κ1) is 24.6. The quantitative estimate of drug-likeness (QED) is 0.229. The molecule has 1 aliphatic heterocycles. The molecule has 2 aromatic heterocycles. The first-order chi connectivity index (χ1) is 21.8. The van der Waals surface area contributed by atoms with Crippen molar-refractivity contribution in [1.29, 1.82) is 0 Å². The Morgan fingerprint density at radius 3 is 1.86 bits per heavy atom. The number of benzene rings is 6. The van der Waals surface area contributed by atoms with Gasteiger partial charge in [-0.25, -0.2) is 4.99 Å². The molecule has 208 valence electrons. The average Bonchev–Trinajstić information content (AvgIpc) is 3.62. The third kappa shape index (κ3) is 3.73. The fourth-order valence-corrected chi connectivity index (χ4v) is 6.66. The van der Waals surface area contributed by atoms with E-state index in [4.69, 9.17) is 9.98 Å². The number of para-hydroxylation sites is 3. The summed E-state index contributed by atoms with van der Waals surface area (Å²) < 4.78 is 4.67. The van der Waals surface area contributed by atoms with Crippen LogP contribution in [0.15, 0.2) is 162 Å². The third-order valence-electron chi connectivity index (χ3n) is 8.57. The summed E-state index contributed by atoms with van der Waals surface area (Å²) in [6.45, 7) is 0. The number of hydrogen-bond donors (Lipinski definition) is 1. The number of rotatable bonds is 3. The van der Waals surface area contributed by atoms with E-state index in [2.05, 4.69) is 142 Å². The molecule has 0 amide bonds. The van der Waals surface area contributed by atoms with Gasteiger partial charge < -0.3 is 9.88 Å². The molecule has 1 unspecified atom stereocenters. The maximum absolute atomic E-state index is 5.23. The van der Waals surface area contributed by atoms with E-state index in [9.17, 15) is 0 Å². The maximum atomic E-state index is 5.23. The van der Waals surface area contributed by atoms with E-state index in [1.165, 1.54) is 27.1 Å². The van der Waals surface area contributed by atoms with Gasteiger partial charge in [-0.05, 0) is 35.9 Å². The Bertz CT molecular complexity index is 2400. The van der Waals surface area contributed by atoms with Gasteiger partial charge in [-0.1, -0.05) is 121 Å². The number of amidine groups is 1. The van der Waals surface area contributed by atoms with Crippen molar-refractivity contribution in [1.82, 2.24) is 14.5 Å². The second-order valence-corrected chi connectivity index (χ2v) is 11.1. The predicted octanol–water partition coefficient (Wildman–Crippen LogP) is 8.84. The highest BCUT2D eigenvalue weighted by molar-refractivity contribution is 6.28. The zero-order valence-electron chi connectivity index (χ0n) is 23.8. The molecular weight excluding hydrogens is 538 g/mol. The van der Waals surface area contributed by atoms with Crippen LogP contribution in [-0.4, -0.2) is 20.9 Å². The van der Waals surface area contributed by atoms with Gasteiger partial charge in [-0.3, -0.25) is 4.57 Å². The van der Waals surface area contributed by atoms with E-state index in [0.717, 1.165) is 39.3 Å². The van der Waals surface area contributed by atoms with Gasteiger partial charge in [0.05, 0.1) is 22.1 Å². The number of aliphatic imine (C=N–C) groups is 2. The number of hydrogen-bond acceptors (Lipinski definition) is 3. The summed E-state index contributed by atoms with van der Waals surface area (Å²) in [7, 11) is 0. The standard InChI is InChI=1S/C39H27N5/c1-4-14-26(15-5-1)37-40-38(27-16-6-2-7-17-27)42-39(41-37)44-32-22-12-10-20-29(32)30-24-25-34-35(36(30)44)31-21-11-13-23-33(31)43(34)28-18-8-3-9-19-28/h1-25,37H,(H,40,41,42). The van der Waals surface area contributed by atoms with Crippen molar-refractivity contribution >= 4 is 55.4 Å². The normalized spacial score (nSPS) is 15.0. The van der Waals surface area contributed by atoms with Crippen LogP contribution in [0.4, 0.5) is 0 Å². The highest BCUT2D eigenvalue weighted by Crippen LogP contribution is 2.40. The van der Waals surface area contributed by atoms with Gasteiger partial charge in [0.15, 0.2) is 5.84 Å². The van der Waals surface area contributed by atoms with Gasteiger partial charge in [-0.15, -0.1) is 0 Å². The number of nitrogens with zero attached hydrogens (tertiary/aromatic N) is 4. The lowest BCUT2D eigenvalue weighted by Crippen LogP contribution is -2.37. The van der Waals surface area contributed by atoms with Gasteiger partial charge in [-0.2, -0.15) is 4.99 Å². The predicted molar refractivity (Wildman–Crippen MR) is 182 cm³/mol. The molecule has 44 heavy (non-hydrogen) atoms. The number of aromatic nitrogens is 2. The van der Waals surface area contributed by atoms with E-state index >= 15 is 0 Å². The second-order valence-electron chi connectivity index (χ2n) is 11.1.